The van der Waals surface area contributed by atoms with Crippen LogP contribution in [0.25, 0.3) is 6.08 Å². The number of halogens is 1. The Morgan fingerprint density at radius 2 is 1.96 bits per heavy atom. The number of anilines is 1. The number of ether oxygens (including phenoxy) is 1. The predicted molar refractivity (Wildman–Crippen MR) is 113 cm³/mol. The molecule has 2 aromatic rings. The molecular weight excluding hydrogens is 426 g/mol. The van der Waals surface area contributed by atoms with Gasteiger partial charge < -0.3 is 10.1 Å². The van der Waals surface area contributed by atoms with Gasteiger partial charge in [0.05, 0.1) is 12.2 Å². The Kier molecular flexibility index (Phi) is 6.85. The second-order valence-corrected chi connectivity index (χ2v) is 8.45. The zero-order valence-electron chi connectivity index (χ0n) is 15.2. The van der Waals surface area contributed by atoms with Crippen LogP contribution in [-0.2, 0) is 22.4 Å². The largest absolute Gasteiger partial charge is 0.462 e. The topological polar surface area (TPSA) is 55.4 Å². The summed E-state index contributed by atoms with van der Waals surface area (Å²) in [5, 5.41) is 3.49. The van der Waals surface area contributed by atoms with Crippen molar-refractivity contribution in [3.63, 3.8) is 0 Å². The minimum absolute atomic E-state index is 0.249. The minimum Gasteiger partial charge on any atom is -0.462 e. The molecule has 1 aromatic heterocycles. The molecule has 0 aliphatic heterocycles. The Balaban J connectivity index is 1.78. The Morgan fingerprint density at radius 3 is 2.70 bits per heavy atom. The number of rotatable bonds is 6. The monoisotopic (exact) mass is 447 g/mol. The van der Waals surface area contributed by atoms with Crippen LogP contribution in [0.15, 0.2) is 34.8 Å². The van der Waals surface area contributed by atoms with Gasteiger partial charge in [0, 0.05) is 15.4 Å². The van der Waals surface area contributed by atoms with Gasteiger partial charge in [0.2, 0.25) is 5.91 Å². The number of aryl methyl sites for hydroxylation is 1. The average molecular weight is 448 g/mol. The normalized spacial score (nSPS) is 13.4. The summed E-state index contributed by atoms with van der Waals surface area (Å²) in [4.78, 5) is 26.2. The van der Waals surface area contributed by atoms with Gasteiger partial charge >= 0.3 is 5.97 Å². The van der Waals surface area contributed by atoms with Crippen molar-refractivity contribution >= 4 is 50.2 Å². The molecule has 27 heavy (non-hydrogen) atoms. The lowest BCUT2D eigenvalue weighted by Gasteiger charge is -2.12. The van der Waals surface area contributed by atoms with E-state index in [1.807, 2.05) is 31.2 Å². The number of benzene rings is 1. The van der Waals surface area contributed by atoms with Gasteiger partial charge in [0.1, 0.15) is 5.00 Å². The summed E-state index contributed by atoms with van der Waals surface area (Å²) in [6.07, 6.45) is 8.03. The molecule has 3 rings (SSSR count). The van der Waals surface area contributed by atoms with Crippen molar-refractivity contribution < 1.29 is 14.3 Å². The van der Waals surface area contributed by atoms with Crippen molar-refractivity contribution in [3.8, 4) is 0 Å². The van der Waals surface area contributed by atoms with Crippen LogP contribution in [0.2, 0.25) is 0 Å². The number of carbonyl (C=O) groups is 2. The van der Waals surface area contributed by atoms with Gasteiger partial charge in [-0.15, -0.1) is 11.3 Å². The van der Waals surface area contributed by atoms with Crippen molar-refractivity contribution in [2.24, 2.45) is 0 Å². The van der Waals surface area contributed by atoms with E-state index in [-0.39, 0.29) is 11.9 Å². The second kappa shape index (κ2) is 9.33. The highest BCUT2D eigenvalue weighted by molar-refractivity contribution is 9.10. The first-order chi connectivity index (χ1) is 13.1. The van der Waals surface area contributed by atoms with Crippen molar-refractivity contribution in [2.45, 2.75) is 39.0 Å². The highest BCUT2D eigenvalue weighted by atomic mass is 79.9. The van der Waals surface area contributed by atoms with E-state index in [1.165, 1.54) is 22.3 Å². The van der Waals surface area contributed by atoms with Gasteiger partial charge in [0.25, 0.3) is 0 Å². The molecule has 0 unspecified atom stereocenters. The Morgan fingerprint density at radius 1 is 1.22 bits per heavy atom. The predicted octanol–water partition coefficient (Wildman–Crippen LogP) is 5.61. The third kappa shape index (κ3) is 5.08. The Hall–Kier alpha value is -1.92. The number of amides is 1. The fourth-order valence-corrected chi connectivity index (χ4v) is 4.58. The maximum Gasteiger partial charge on any atom is 0.341 e. The van der Waals surface area contributed by atoms with Crippen LogP contribution in [0.3, 0.4) is 0 Å². The first-order valence-electron chi connectivity index (χ1n) is 9.14. The molecule has 0 bridgehead atoms. The molecule has 0 fully saturated rings. The lowest BCUT2D eigenvalue weighted by molar-refractivity contribution is -0.111. The first kappa shape index (κ1) is 19.8. The van der Waals surface area contributed by atoms with Crippen LogP contribution in [0.5, 0.6) is 0 Å². The highest BCUT2D eigenvalue weighted by Crippen LogP contribution is 2.38. The summed E-state index contributed by atoms with van der Waals surface area (Å²) in [6.45, 7) is 2.35. The third-order valence-corrected chi connectivity index (χ3v) is 6.08. The smallest absolute Gasteiger partial charge is 0.341 e. The molecule has 4 nitrogen and oxygen atoms in total. The average Bonchev–Trinajstić information content (AvgIpc) is 3.03. The van der Waals surface area contributed by atoms with Crippen LogP contribution < -0.4 is 5.32 Å². The van der Waals surface area contributed by atoms with E-state index < -0.39 is 0 Å². The van der Waals surface area contributed by atoms with E-state index in [0.717, 1.165) is 47.7 Å². The van der Waals surface area contributed by atoms with E-state index in [0.29, 0.717) is 17.2 Å². The molecule has 0 saturated carbocycles. The molecule has 1 heterocycles. The summed E-state index contributed by atoms with van der Waals surface area (Å²) in [5.74, 6) is -0.579. The number of esters is 1. The van der Waals surface area contributed by atoms with Crippen LogP contribution in [0.1, 0.15) is 52.5 Å². The third-order valence-electron chi connectivity index (χ3n) is 4.35. The Labute approximate surface area is 171 Å². The molecule has 142 valence electrons. The summed E-state index contributed by atoms with van der Waals surface area (Å²) < 4.78 is 6.35. The number of thiophene rings is 1. The molecule has 0 radical (unpaired) electrons. The number of hydrogen-bond acceptors (Lipinski definition) is 4. The summed E-state index contributed by atoms with van der Waals surface area (Å²) in [5.41, 5.74) is 2.54. The molecular formula is C21H22BrNO3S. The molecule has 6 heteroatoms. The molecule has 1 N–H and O–H groups in total. The van der Waals surface area contributed by atoms with Crippen LogP contribution in [0, 0.1) is 0 Å². The number of fused-ring (bicyclic) bond motifs is 1. The fourth-order valence-electron chi connectivity index (χ4n) is 3.04. The van der Waals surface area contributed by atoms with Gasteiger partial charge in [-0.3, -0.25) is 4.79 Å². The summed E-state index contributed by atoms with van der Waals surface area (Å²) >= 11 is 4.89. The molecule has 1 aliphatic rings. The number of hydrogen-bond donors (Lipinski definition) is 1. The van der Waals surface area contributed by atoms with E-state index in [1.54, 1.807) is 6.08 Å². The number of carbonyl (C=O) groups excluding carboxylic acids is 2. The fraction of sp³-hybridized carbons (Fsp3) is 0.333. The van der Waals surface area contributed by atoms with E-state index >= 15 is 0 Å². The van der Waals surface area contributed by atoms with Crippen LogP contribution >= 0.6 is 27.3 Å². The van der Waals surface area contributed by atoms with Gasteiger partial charge in [0.15, 0.2) is 0 Å². The molecule has 0 saturated heterocycles. The standard InChI is InChI=1S/C21H22BrNO3S/c1-2-13-26-21(25)19-16-5-3-4-6-17(16)27-20(19)23-18(24)12-9-14-7-10-15(22)11-8-14/h7-12H,2-6,13H2,1H3,(H,23,24). The lowest BCUT2D eigenvalue weighted by atomic mass is 9.95. The summed E-state index contributed by atoms with van der Waals surface area (Å²) in [6, 6.07) is 7.69. The summed E-state index contributed by atoms with van der Waals surface area (Å²) in [7, 11) is 0. The zero-order chi connectivity index (χ0) is 19.2. The maximum atomic E-state index is 12.6. The van der Waals surface area contributed by atoms with Crippen LogP contribution in [-0.4, -0.2) is 18.5 Å². The second-order valence-electron chi connectivity index (χ2n) is 6.43. The Bertz CT molecular complexity index is 855. The lowest BCUT2D eigenvalue weighted by Crippen LogP contribution is -2.14. The maximum absolute atomic E-state index is 12.6. The zero-order valence-corrected chi connectivity index (χ0v) is 17.6. The van der Waals surface area contributed by atoms with Crippen molar-refractivity contribution in [1.29, 1.82) is 0 Å². The highest BCUT2D eigenvalue weighted by Gasteiger charge is 2.27. The molecule has 1 aliphatic carbocycles. The van der Waals surface area contributed by atoms with E-state index in [4.69, 9.17) is 4.74 Å². The molecule has 1 amide bonds. The van der Waals surface area contributed by atoms with Crippen molar-refractivity contribution in [2.75, 3.05) is 11.9 Å². The quantitative estimate of drug-likeness (QED) is 0.462. The molecule has 1 aromatic carbocycles. The SMILES string of the molecule is CCCOC(=O)c1c(NC(=O)C=Cc2ccc(Br)cc2)sc2c1CCCC2. The van der Waals surface area contributed by atoms with Crippen molar-refractivity contribution in [1.82, 2.24) is 0 Å². The van der Waals surface area contributed by atoms with Gasteiger partial charge in [-0.25, -0.2) is 4.79 Å². The van der Waals surface area contributed by atoms with Crippen molar-refractivity contribution in [3.05, 3.63) is 56.4 Å². The number of nitrogens with one attached hydrogen (secondary N) is 1. The molecule has 0 spiro atoms. The van der Waals surface area contributed by atoms with Gasteiger partial charge in [-0.1, -0.05) is 35.0 Å². The molecule has 0 atom stereocenters. The van der Waals surface area contributed by atoms with Gasteiger partial charge in [-0.2, -0.15) is 0 Å². The van der Waals surface area contributed by atoms with Crippen LogP contribution in [0.4, 0.5) is 5.00 Å². The van der Waals surface area contributed by atoms with E-state index in [2.05, 4.69) is 21.2 Å². The van der Waals surface area contributed by atoms with E-state index in [9.17, 15) is 9.59 Å². The van der Waals surface area contributed by atoms with Gasteiger partial charge in [-0.05, 0) is 61.4 Å². The minimum atomic E-state index is -0.330. The first-order valence-corrected chi connectivity index (χ1v) is 10.8.